The van der Waals surface area contributed by atoms with E-state index in [1.807, 2.05) is 0 Å². The Hall–Kier alpha value is -0.0800. The third-order valence-electron chi connectivity index (χ3n) is 4.40. The van der Waals surface area contributed by atoms with Crippen LogP contribution < -0.4 is 5.32 Å². The molecule has 2 aliphatic rings. The molecule has 2 fully saturated rings. The van der Waals surface area contributed by atoms with Gasteiger partial charge in [0.15, 0.2) is 0 Å². The lowest BCUT2D eigenvalue weighted by molar-refractivity contribution is 0.0287. The van der Waals surface area contributed by atoms with E-state index in [1.165, 1.54) is 38.9 Å². The van der Waals surface area contributed by atoms with Crippen LogP contribution >= 0.6 is 0 Å². The molecular weight excluding hydrogens is 184 g/mol. The third-order valence-corrected chi connectivity index (χ3v) is 4.40. The Morgan fingerprint density at radius 3 is 2.60 bits per heavy atom. The number of nitrogens with zero attached hydrogens (tertiary/aromatic N) is 1. The molecular formula is C13H26N2. The van der Waals surface area contributed by atoms with Gasteiger partial charge in [0.25, 0.3) is 0 Å². The first-order chi connectivity index (χ1) is 7.20. The molecule has 0 radical (unpaired) electrons. The summed E-state index contributed by atoms with van der Waals surface area (Å²) in [6.45, 7) is 8.68. The highest BCUT2D eigenvalue weighted by Gasteiger charge is 2.37. The van der Waals surface area contributed by atoms with Gasteiger partial charge >= 0.3 is 0 Å². The Labute approximate surface area is 94.4 Å². The molecule has 0 aromatic rings. The summed E-state index contributed by atoms with van der Waals surface area (Å²) in [5.41, 5.74) is 0. The molecule has 1 saturated heterocycles. The first kappa shape index (κ1) is 11.4. The molecule has 2 rings (SSSR count). The van der Waals surface area contributed by atoms with Crippen molar-refractivity contribution in [1.82, 2.24) is 10.2 Å². The highest BCUT2D eigenvalue weighted by molar-refractivity contribution is 4.91. The highest BCUT2D eigenvalue weighted by atomic mass is 15.2. The van der Waals surface area contributed by atoms with Crippen molar-refractivity contribution < 1.29 is 0 Å². The molecule has 1 aliphatic carbocycles. The maximum atomic E-state index is 3.31. The van der Waals surface area contributed by atoms with Crippen molar-refractivity contribution in [1.29, 1.82) is 0 Å². The van der Waals surface area contributed by atoms with Crippen LogP contribution in [0.3, 0.4) is 0 Å². The molecule has 1 heterocycles. The predicted octanol–water partition coefficient (Wildman–Crippen LogP) is 1.96. The van der Waals surface area contributed by atoms with Crippen molar-refractivity contribution in [3.63, 3.8) is 0 Å². The Bertz CT molecular complexity index is 197. The van der Waals surface area contributed by atoms with Crippen molar-refractivity contribution in [3.8, 4) is 0 Å². The molecule has 2 unspecified atom stereocenters. The molecule has 0 bridgehead atoms. The first-order valence-electron chi connectivity index (χ1n) is 6.59. The van der Waals surface area contributed by atoms with Crippen molar-refractivity contribution in [3.05, 3.63) is 0 Å². The van der Waals surface area contributed by atoms with Crippen LogP contribution in [0.4, 0.5) is 0 Å². The van der Waals surface area contributed by atoms with Crippen LogP contribution in [0, 0.1) is 17.8 Å². The minimum Gasteiger partial charge on any atom is -0.319 e. The zero-order valence-electron chi connectivity index (χ0n) is 10.5. The van der Waals surface area contributed by atoms with Crippen molar-refractivity contribution in [2.75, 3.05) is 26.7 Å². The van der Waals surface area contributed by atoms with E-state index in [2.05, 4.69) is 31.1 Å². The van der Waals surface area contributed by atoms with Gasteiger partial charge in [0.2, 0.25) is 0 Å². The molecule has 1 aliphatic heterocycles. The molecule has 88 valence electrons. The molecule has 2 heteroatoms. The van der Waals surface area contributed by atoms with Crippen LogP contribution in [0.15, 0.2) is 0 Å². The second kappa shape index (κ2) is 4.84. The van der Waals surface area contributed by atoms with Crippen LogP contribution in [0.1, 0.15) is 33.1 Å². The molecule has 2 nitrogen and oxygen atoms in total. The van der Waals surface area contributed by atoms with Gasteiger partial charge in [-0.25, -0.2) is 0 Å². The number of rotatable bonds is 4. The summed E-state index contributed by atoms with van der Waals surface area (Å²) in [7, 11) is 2.08. The van der Waals surface area contributed by atoms with Gasteiger partial charge in [0.05, 0.1) is 0 Å². The maximum absolute atomic E-state index is 3.31. The largest absolute Gasteiger partial charge is 0.319 e. The number of hydrogen-bond donors (Lipinski definition) is 1. The Morgan fingerprint density at radius 2 is 2.00 bits per heavy atom. The molecule has 0 aromatic heterocycles. The van der Waals surface area contributed by atoms with Crippen molar-refractivity contribution in [2.24, 2.45) is 17.8 Å². The standard InChI is InChI=1S/C13H26N2/c1-10(2)12-8-15(9-12)13-5-4-11(6-13)7-14-3/h10-14H,4-9H2,1-3H3. The minimum atomic E-state index is 0.885. The van der Waals surface area contributed by atoms with Crippen molar-refractivity contribution in [2.45, 2.75) is 39.2 Å². The van der Waals surface area contributed by atoms with Crippen LogP contribution in [-0.4, -0.2) is 37.6 Å². The van der Waals surface area contributed by atoms with E-state index in [1.54, 1.807) is 0 Å². The second-order valence-electron chi connectivity index (χ2n) is 5.85. The van der Waals surface area contributed by atoms with E-state index >= 15 is 0 Å². The van der Waals surface area contributed by atoms with Gasteiger partial charge in [-0.1, -0.05) is 13.8 Å². The van der Waals surface area contributed by atoms with Gasteiger partial charge in [-0.15, -0.1) is 0 Å². The number of nitrogens with one attached hydrogen (secondary N) is 1. The van der Waals surface area contributed by atoms with E-state index in [9.17, 15) is 0 Å². The topological polar surface area (TPSA) is 15.3 Å². The van der Waals surface area contributed by atoms with Gasteiger partial charge in [-0.05, 0) is 50.6 Å². The van der Waals surface area contributed by atoms with E-state index in [0.717, 1.165) is 23.8 Å². The average molecular weight is 210 g/mol. The summed E-state index contributed by atoms with van der Waals surface area (Å²) in [5.74, 6) is 2.81. The Morgan fingerprint density at radius 1 is 1.27 bits per heavy atom. The van der Waals surface area contributed by atoms with E-state index in [-0.39, 0.29) is 0 Å². The fourth-order valence-electron chi connectivity index (χ4n) is 3.12. The monoisotopic (exact) mass is 210 g/mol. The SMILES string of the molecule is CNCC1CCC(N2CC(C(C)C)C2)C1. The number of hydrogen-bond acceptors (Lipinski definition) is 2. The van der Waals surface area contributed by atoms with Gasteiger partial charge < -0.3 is 5.32 Å². The van der Waals surface area contributed by atoms with E-state index < -0.39 is 0 Å². The fraction of sp³-hybridized carbons (Fsp3) is 1.00. The van der Waals surface area contributed by atoms with E-state index in [0.29, 0.717) is 0 Å². The highest BCUT2D eigenvalue weighted by Crippen LogP contribution is 2.34. The maximum Gasteiger partial charge on any atom is 0.00987 e. The first-order valence-corrected chi connectivity index (χ1v) is 6.59. The quantitative estimate of drug-likeness (QED) is 0.763. The molecule has 0 aromatic carbocycles. The van der Waals surface area contributed by atoms with Crippen LogP contribution in [0.25, 0.3) is 0 Å². The molecule has 15 heavy (non-hydrogen) atoms. The molecule has 0 spiro atoms. The fourth-order valence-corrected chi connectivity index (χ4v) is 3.12. The zero-order chi connectivity index (χ0) is 10.8. The normalized spacial score (nSPS) is 33.6. The summed E-state index contributed by atoms with van der Waals surface area (Å²) >= 11 is 0. The smallest absolute Gasteiger partial charge is 0.00987 e. The predicted molar refractivity (Wildman–Crippen MR) is 65.0 cm³/mol. The Balaban J connectivity index is 1.70. The average Bonchev–Trinajstić information content (AvgIpc) is 2.50. The summed E-state index contributed by atoms with van der Waals surface area (Å²) in [6.07, 6.45) is 4.32. The van der Waals surface area contributed by atoms with Crippen LogP contribution in [-0.2, 0) is 0 Å². The second-order valence-corrected chi connectivity index (χ2v) is 5.85. The Kier molecular flexibility index (Phi) is 3.68. The number of likely N-dealkylation sites (tertiary alicyclic amines) is 1. The summed E-state index contributed by atoms with van der Waals surface area (Å²) in [4.78, 5) is 2.72. The van der Waals surface area contributed by atoms with Gasteiger partial charge in [0.1, 0.15) is 0 Å². The lowest BCUT2D eigenvalue weighted by Gasteiger charge is -2.45. The summed E-state index contributed by atoms with van der Waals surface area (Å²) in [5, 5.41) is 3.31. The molecule has 1 N–H and O–H groups in total. The summed E-state index contributed by atoms with van der Waals surface area (Å²) in [6, 6.07) is 0.915. The molecule has 2 atom stereocenters. The lowest BCUT2D eigenvalue weighted by Crippen LogP contribution is -2.53. The van der Waals surface area contributed by atoms with Crippen LogP contribution in [0.2, 0.25) is 0 Å². The van der Waals surface area contributed by atoms with Gasteiger partial charge in [0, 0.05) is 19.1 Å². The van der Waals surface area contributed by atoms with Gasteiger partial charge in [-0.3, -0.25) is 4.90 Å². The lowest BCUT2D eigenvalue weighted by atomic mass is 9.87. The zero-order valence-corrected chi connectivity index (χ0v) is 10.5. The molecule has 0 amide bonds. The molecule has 1 saturated carbocycles. The third kappa shape index (κ3) is 2.54. The van der Waals surface area contributed by atoms with E-state index in [4.69, 9.17) is 0 Å². The van der Waals surface area contributed by atoms with Crippen LogP contribution in [0.5, 0.6) is 0 Å². The van der Waals surface area contributed by atoms with Gasteiger partial charge in [-0.2, -0.15) is 0 Å². The minimum absolute atomic E-state index is 0.885. The van der Waals surface area contributed by atoms with Crippen molar-refractivity contribution >= 4 is 0 Å². The summed E-state index contributed by atoms with van der Waals surface area (Å²) < 4.78 is 0.